The Kier molecular flexibility index (Phi) is 3.18. The van der Waals surface area contributed by atoms with E-state index in [1.165, 1.54) is 0 Å². The highest BCUT2D eigenvalue weighted by molar-refractivity contribution is 7.16. The van der Waals surface area contributed by atoms with Crippen molar-refractivity contribution in [3.8, 4) is 0 Å². The Labute approximate surface area is 110 Å². The van der Waals surface area contributed by atoms with E-state index in [4.69, 9.17) is 0 Å². The minimum atomic E-state index is 0.273. The predicted octanol–water partition coefficient (Wildman–Crippen LogP) is 2.07. The zero-order valence-electron chi connectivity index (χ0n) is 10.5. The number of hydrogen-bond acceptors (Lipinski definition) is 5. The van der Waals surface area contributed by atoms with Gasteiger partial charge in [-0.2, -0.15) is 0 Å². The minimum Gasteiger partial charge on any atom is -0.396 e. The molecule has 1 N–H and O–H groups in total. The molecule has 1 fully saturated rings. The van der Waals surface area contributed by atoms with Crippen LogP contribution in [0.25, 0.3) is 10.2 Å². The number of thiophene rings is 1. The van der Waals surface area contributed by atoms with Crippen LogP contribution >= 0.6 is 11.3 Å². The molecule has 0 radical (unpaired) electrons. The fourth-order valence-corrected chi connectivity index (χ4v) is 3.23. The van der Waals surface area contributed by atoms with E-state index in [0.29, 0.717) is 5.92 Å². The van der Waals surface area contributed by atoms with Gasteiger partial charge in [-0.1, -0.05) is 6.92 Å². The lowest BCUT2D eigenvalue weighted by atomic mass is 10.1. The van der Waals surface area contributed by atoms with Crippen LogP contribution in [0.4, 0.5) is 5.82 Å². The van der Waals surface area contributed by atoms with Crippen molar-refractivity contribution in [2.75, 3.05) is 24.6 Å². The molecule has 3 rings (SSSR count). The van der Waals surface area contributed by atoms with Gasteiger partial charge in [-0.3, -0.25) is 0 Å². The first-order valence-electron chi connectivity index (χ1n) is 6.41. The maximum Gasteiger partial charge on any atom is 0.141 e. The van der Waals surface area contributed by atoms with Crippen molar-refractivity contribution >= 4 is 27.4 Å². The molecule has 1 saturated heterocycles. The number of hydrogen-bond donors (Lipinski definition) is 1. The summed E-state index contributed by atoms with van der Waals surface area (Å²) in [4.78, 5) is 12.6. The van der Waals surface area contributed by atoms with E-state index in [1.54, 1.807) is 11.3 Å². The van der Waals surface area contributed by atoms with Crippen LogP contribution in [0.5, 0.6) is 0 Å². The lowest BCUT2D eigenvalue weighted by Crippen LogP contribution is -2.22. The van der Waals surface area contributed by atoms with Crippen molar-refractivity contribution < 1.29 is 5.11 Å². The topological polar surface area (TPSA) is 49.2 Å². The summed E-state index contributed by atoms with van der Waals surface area (Å²) in [5.74, 6) is 2.35. The molecule has 3 heterocycles. The third-order valence-corrected chi connectivity index (χ3v) is 4.32. The first kappa shape index (κ1) is 11.9. The van der Waals surface area contributed by atoms with E-state index in [1.807, 2.05) is 0 Å². The SMILES string of the molecule is CCc1nc(N2CCC(CO)C2)c2ccsc2n1. The normalized spacial score (nSPS) is 19.9. The number of anilines is 1. The lowest BCUT2D eigenvalue weighted by molar-refractivity contribution is 0.238. The van der Waals surface area contributed by atoms with Crippen LogP contribution in [0.3, 0.4) is 0 Å². The Morgan fingerprint density at radius 1 is 1.50 bits per heavy atom. The fraction of sp³-hybridized carbons (Fsp3) is 0.538. The number of rotatable bonds is 3. The fourth-order valence-electron chi connectivity index (χ4n) is 2.46. The summed E-state index contributed by atoms with van der Waals surface area (Å²) in [5.41, 5.74) is 0. The Hall–Kier alpha value is -1.20. The standard InChI is InChI=1S/C13H17N3OS/c1-2-11-14-12(10-4-6-18-13(10)15-11)16-5-3-9(7-16)8-17/h4,6,9,17H,2-3,5,7-8H2,1H3. The summed E-state index contributed by atoms with van der Waals surface area (Å²) >= 11 is 1.67. The lowest BCUT2D eigenvalue weighted by Gasteiger charge is -2.18. The molecule has 0 bridgehead atoms. The molecule has 0 aliphatic carbocycles. The third kappa shape index (κ3) is 1.97. The van der Waals surface area contributed by atoms with E-state index in [0.717, 1.165) is 47.8 Å². The Morgan fingerprint density at radius 2 is 2.39 bits per heavy atom. The van der Waals surface area contributed by atoms with Gasteiger partial charge in [-0.15, -0.1) is 11.3 Å². The number of aryl methyl sites for hydroxylation is 1. The van der Waals surface area contributed by atoms with E-state index in [-0.39, 0.29) is 6.61 Å². The van der Waals surface area contributed by atoms with E-state index in [2.05, 4.69) is 33.2 Å². The minimum absolute atomic E-state index is 0.273. The molecule has 18 heavy (non-hydrogen) atoms. The molecule has 5 heteroatoms. The quantitative estimate of drug-likeness (QED) is 0.921. The summed E-state index contributed by atoms with van der Waals surface area (Å²) < 4.78 is 0. The van der Waals surface area contributed by atoms with Crippen molar-refractivity contribution in [2.24, 2.45) is 5.92 Å². The monoisotopic (exact) mass is 263 g/mol. The van der Waals surface area contributed by atoms with Crippen molar-refractivity contribution in [1.29, 1.82) is 0 Å². The Balaban J connectivity index is 2.02. The average molecular weight is 263 g/mol. The highest BCUT2D eigenvalue weighted by atomic mass is 32.1. The summed E-state index contributed by atoms with van der Waals surface area (Å²) in [6.07, 6.45) is 1.91. The average Bonchev–Trinajstić information content (AvgIpc) is 3.05. The van der Waals surface area contributed by atoms with Gasteiger partial charge >= 0.3 is 0 Å². The summed E-state index contributed by atoms with van der Waals surface area (Å²) in [6.45, 7) is 4.24. The summed E-state index contributed by atoms with van der Waals surface area (Å²) in [5, 5.41) is 12.5. The molecule has 1 aliphatic heterocycles. The molecule has 2 aromatic rings. The van der Waals surface area contributed by atoms with Crippen LogP contribution in [0.1, 0.15) is 19.2 Å². The summed E-state index contributed by atoms with van der Waals surface area (Å²) in [6, 6.07) is 2.10. The van der Waals surface area contributed by atoms with E-state index >= 15 is 0 Å². The van der Waals surface area contributed by atoms with Crippen LogP contribution in [-0.4, -0.2) is 34.8 Å². The van der Waals surface area contributed by atoms with Gasteiger partial charge in [0.1, 0.15) is 16.5 Å². The first-order chi connectivity index (χ1) is 8.81. The van der Waals surface area contributed by atoms with Gasteiger partial charge in [0.15, 0.2) is 0 Å². The number of aliphatic hydroxyl groups is 1. The third-order valence-electron chi connectivity index (χ3n) is 3.51. The second-order valence-corrected chi connectivity index (χ2v) is 5.63. The van der Waals surface area contributed by atoms with Gasteiger partial charge in [-0.25, -0.2) is 9.97 Å². The molecular formula is C13H17N3OS. The van der Waals surface area contributed by atoms with Gasteiger partial charge < -0.3 is 10.0 Å². The van der Waals surface area contributed by atoms with Gasteiger partial charge in [0, 0.05) is 32.0 Å². The van der Waals surface area contributed by atoms with Gasteiger partial charge in [0.25, 0.3) is 0 Å². The Morgan fingerprint density at radius 3 is 3.11 bits per heavy atom. The summed E-state index contributed by atoms with van der Waals surface area (Å²) in [7, 11) is 0. The van der Waals surface area contributed by atoms with Crippen LogP contribution < -0.4 is 4.90 Å². The molecule has 0 saturated carbocycles. The maximum absolute atomic E-state index is 9.25. The molecule has 2 aromatic heterocycles. The molecule has 0 amide bonds. The van der Waals surface area contributed by atoms with Crippen LogP contribution in [0.15, 0.2) is 11.4 Å². The van der Waals surface area contributed by atoms with Crippen LogP contribution in [-0.2, 0) is 6.42 Å². The molecule has 4 nitrogen and oxygen atoms in total. The highest BCUT2D eigenvalue weighted by Gasteiger charge is 2.24. The number of aliphatic hydroxyl groups excluding tert-OH is 1. The highest BCUT2D eigenvalue weighted by Crippen LogP contribution is 2.31. The van der Waals surface area contributed by atoms with Crippen molar-refractivity contribution in [3.63, 3.8) is 0 Å². The van der Waals surface area contributed by atoms with Gasteiger partial charge in [0.2, 0.25) is 0 Å². The largest absolute Gasteiger partial charge is 0.396 e. The van der Waals surface area contributed by atoms with Crippen molar-refractivity contribution in [3.05, 3.63) is 17.3 Å². The van der Waals surface area contributed by atoms with Crippen molar-refractivity contribution in [1.82, 2.24) is 9.97 Å². The molecule has 96 valence electrons. The molecule has 0 aromatic carbocycles. The van der Waals surface area contributed by atoms with E-state index in [9.17, 15) is 5.11 Å². The number of fused-ring (bicyclic) bond motifs is 1. The van der Waals surface area contributed by atoms with Crippen LogP contribution in [0.2, 0.25) is 0 Å². The molecular weight excluding hydrogens is 246 g/mol. The maximum atomic E-state index is 9.25. The molecule has 0 spiro atoms. The smallest absolute Gasteiger partial charge is 0.141 e. The molecule has 1 aliphatic rings. The first-order valence-corrected chi connectivity index (χ1v) is 7.29. The van der Waals surface area contributed by atoms with Crippen LogP contribution in [0, 0.1) is 5.92 Å². The predicted molar refractivity (Wildman–Crippen MR) is 74.2 cm³/mol. The zero-order chi connectivity index (χ0) is 12.5. The number of aromatic nitrogens is 2. The second kappa shape index (κ2) is 4.82. The second-order valence-electron chi connectivity index (χ2n) is 4.74. The molecule has 1 unspecified atom stereocenters. The Bertz CT molecular complexity index is 554. The van der Waals surface area contributed by atoms with Crippen molar-refractivity contribution in [2.45, 2.75) is 19.8 Å². The van der Waals surface area contributed by atoms with E-state index < -0.39 is 0 Å². The number of nitrogens with zero attached hydrogens (tertiary/aromatic N) is 3. The zero-order valence-corrected chi connectivity index (χ0v) is 11.3. The van der Waals surface area contributed by atoms with Gasteiger partial charge in [-0.05, 0) is 17.9 Å². The van der Waals surface area contributed by atoms with Gasteiger partial charge in [0.05, 0.1) is 5.39 Å². The molecule has 1 atom stereocenters.